The molecule has 0 aliphatic carbocycles. The molecule has 1 aromatic rings. The molecule has 1 heterocycles. The molecule has 0 unspecified atom stereocenters. The molecule has 2 atom stereocenters. The highest BCUT2D eigenvalue weighted by atomic mass is 16.5. The van der Waals surface area contributed by atoms with Crippen molar-refractivity contribution in [3.63, 3.8) is 0 Å². The summed E-state index contributed by atoms with van der Waals surface area (Å²) in [5.74, 6) is 0.900. The first-order valence-electron chi connectivity index (χ1n) is 6.65. The van der Waals surface area contributed by atoms with Crippen molar-refractivity contribution >= 4 is 5.91 Å². The van der Waals surface area contributed by atoms with E-state index in [4.69, 9.17) is 9.47 Å². The minimum Gasteiger partial charge on any atom is -0.496 e. The number of ether oxygens (including phenoxy) is 2. The number of methoxy groups -OCH3 is 1. The third-order valence-electron chi connectivity index (χ3n) is 3.31. The van der Waals surface area contributed by atoms with Gasteiger partial charge in [-0.05, 0) is 19.9 Å². The van der Waals surface area contributed by atoms with Gasteiger partial charge in [0.2, 0.25) is 5.91 Å². The molecule has 2 rings (SSSR count). The Morgan fingerprint density at radius 2 is 1.95 bits per heavy atom. The summed E-state index contributed by atoms with van der Waals surface area (Å²) in [6.45, 7) is 5.33. The number of rotatable bonds is 3. The summed E-state index contributed by atoms with van der Waals surface area (Å²) in [7, 11) is 1.63. The minimum absolute atomic E-state index is 0.102. The first-order valence-corrected chi connectivity index (χ1v) is 6.65. The number of hydrogen-bond acceptors (Lipinski definition) is 3. The second-order valence-corrected chi connectivity index (χ2v) is 5.04. The quantitative estimate of drug-likeness (QED) is 0.835. The van der Waals surface area contributed by atoms with Crippen LogP contribution in [0.2, 0.25) is 0 Å². The number of para-hydroxylation sites is 1. The topological polar surface area (TPSA) is 38.8 Å². The van der Waals surface area contributed by atoms with Gasteiger partial charge in [-0.3, -0.25) is 4.79 Å². The molecule has 104 valence electrons. The molecule has 4 heteroatoms. The molecule has 0 aromatic heterocycles. The van der Waals surface area contributed by atoms with Crippen molar-refractivity contribution in [3.8, 4) is 5.75 Å². The van der Waals surface area contributed by atoms with Crippen LogP contribution in [0.15, 0.2) is 24.3 Å². The van der Waals surface area contributed by atoms with Crippen LogP contribution in [-0.2, 0) is 16.0 Å². The van der Waals surface area contributed by atoms with Crippen LogP contribution in [-0.4, -0.2) is 43.2 Å². The van der Waals surface area contributed by atoms with E-state index in [0.717, 1.165) is 11.3 Å². The number of carbonyl (C=O) groups is 1. The first kappa shape index (κ1) is 13.9. The lowest BCUT2D eigenvalue weighted by molar-refractivity contribution is -0.142. The lowest BCUT2D eigenvalue weighted by Gasteiger charge is -2.35. The first-order chi connectivity index (χ1) is 9.10. The lowest BCUT2D eigenvalue weighted by atomic mass is 10.1. The van der Waals surface area contributed by atoms with E-state index in [1.807, 2.05) is 43.0 Å². The normalized spacial score (nSPS) is 23.2. The highest BCUT2D eigenvalue weighted by molar-refractivity contribution is 5.79. The Balaban J connectivity index is 2.04. The summed E-state index contributed by atoms with van der Waals surface area (Å²) >= 11 is 0. The second-order valence-electron chi connectivity index (χ2n) is 5.04. The molecule has 1 aliphatic heterocycles. The molecule has 19 heavy (non-hydrogen) atoms. The molecular formula is C15H21NO3. The standard InChI is InChI=1S/C15H21NO3/c1-11-9-16(10-12(2)19-11)15(17)8-13-6-4-5-7-14(13)18-3/h4-7,11-12H,8-10H2,1-3H3/t11-,12-/m1/s1. The van der Waals surface area contributed by atoms with Crippen LogP contribution >= 0.6 is 0 Å². The molecule has 0 radical (unpaired) electrons. The zero-order valence-electron chi connectivity index (χ0n) is 11.8. The van der Waals surface area contributed by atoms with Crippen molar-refractivity contribution in [1.29, 1.82) is 0 Å². The van der Waals surface area contributed by atoms with Gasteiger partial charge in [0.25, 0.3) is 0 Å². The molecule has 1 fully saturated rings. The molecule has 0 spiro atoms. The molecule has 0 N–H and O–H groups in total. The van der Waals surface area contributed by atoms with E-state index in [0.29, 0.717) is 19.5 Å². The van der Waals surface area contributed by atoms with Gasteiger partial charge < -0.3 is 14.4 Å². The van der Waals surface area contributed by atoms with Crippen molar-refractivity contribution in [3.05, 3.63) is 29.8 Å². The fourth-order valence-corrected chi connectivity index (χ4v) is 2.51. The van der Waals surface area contributed by atoms with E-state index in [9.17, 15) is 4.79 Å². The van der Waals surface area contributed by atoms with Crippen molar-refractivity contribution in [2.45, 2.75) is 32.5 Å². The Kier molecular flexibility index (Phi) is 4.43. The fourth-order valence-electron chi connectivity index (χ4n) is 2.51. The summed E-state index contributed by atoms with van der Waals surface area (Å²) in [6.07, 6.45) is 0.583. The van der Waals surface area contributed by atoms with Crippen molar-refractivity contribution in [1.82, 2.24) is 4.90 Å². The molecule has 1 aliphatic rings. The Bertz CT molecular complexity index is 437. The number of morpholine rings is 1. The van der Waals surface area contributed by atoms with Crippen LogP contribution < -0.4 is 4.74 Å². The monoisotopic (exact) mass is 263 g/mol. The number of benzene rings is 1. The Hall–Kier alpha value is -1.55. The summed E-state index contributed by atoms with van der Waals surface area (Å²) in [5, 5.41) is 0. The maximum Gasteiger partial charge on any atom is 0.227 e. The Labute approximate surface area is 114 Å². The van der Waals surface area contributed by atoms with Crippen LogP contribution in [0.4, 0.5) is 0 Å². The third-order valence-corrected chi connectivity index (χ3v) is 3.31. The SMILES string of the molecule is COc1ccccc1CC(=O)N1C[C@@H](C)O[C@H](C)C1. The molecule has 0 saturated carbocycles. The third kappa shape index (κ3) is 3.47. The second kappa shape index (κ2) is 6.06. The van der Waals surface area contributed by atoms with Gasteiger partial charge in [-0.2, -0.15) is 0 Å². The van der Waals surface area contributed by atoms with Crippen molar-refractivity contribution < 1.29 is 14.3 Å². The van der Waals surface area contributed by atoms with Crippen LogP contribution in [0.1, 0.15) is 19.4 Å². The molecule has 4 nitrogen and oxygen atoms in total. The van der Waals surface area contributed by atoms with E-state index < -0.39 is 0 Å². The summed E-state index contributed by atoms with van der Waals surface area (Å²) in [5.41, 5.74) is 0.932. The minimum atomic E-state index is 0.102. The van der Waals surface area contributed by atoms with E-state index >= 15 is 0 Å². The summed E-state index contributed by atoms with van der Waals surface area (Å²) < 4.78 is 10.9. The van der Waals surface area contributed by atoms with Gasteiger partial charge in [-0.15, -0.1) is 0 Å². The number of carbonyl (C=O) groups excluding carboxylic acids is 1. The lowest BCUT2D eigenvalue weighted by Crippen LogP contribution is -2.48. The summed E-state index contributed by atoms with van der Waals surface area (Å²) in [4.78, 5) is 14.2. The predicted octanol–water partition coefficient (Wildman–Crippen LogP) is 1.87. The molecule has 1 aromatic carbocycles. The molecule has 0 bridgehead atoms. The van der Waals surface area contributed by atoms with E-state index in [1.54, 1.807) is 7.11 Å². The van der Waals surface area contributed by atoms with Crippen LogP contribution in [0, 0.1) is 0 Å². The average Bonchev–Trinajstić information content (AvgIpc) is 2.38. The predicted molar refractivity (Wildman–Crippen MR) is 73.3 cm³/mol. The van der Waals surface area contributed by atoms with Gasteiger partial charge in [0.1, 0.15) is 5.75 Å². The van der Waals surface area contributed by atoms with Crippen molar-refractivity contribution in [2.24, 2.45) is 0 Å². The maximum absolute atomic E-state index is 12.3. The highest BCUT2D eigenvalue weighted by Gasteiger charge is 2.26. The van der Waals surface area contributed by atoms with Gasteiger partial charge >= 0.3 is 0 Å². The van der Waals surface area contributed by atoms with Crippen LogP contribution in [0.3, 0.4) is 0 Å². The van der Waals surface area contributed by atoms with Gasteiger partial charge in [0.05, 0.1) is 25.7 Å². The molecular weight excluding hydrogens is 242 g/mol. The highest BCUT2D eigenvalue weighted by Crippen LogP contribution is 2.19. The number of hydrogen-bond donors (Lipinski definition) is 0. The molecule has 1 amide bonds. The van der Waals surface area contributed by atoms with E-state index in [2.05, 4.69) is 0 Å². The zero-order chi connectivity index (χ0) is 13.8. The zero-order valence-corrected chi connectivity index (χ0v) is 11.8. The van der Waals surface area contributed by atoms with Crippen LogP contribution in [0.5, 0.6) is 5.75 Å². The maximum atomic E-state index is 12.3. The van der Waals surface area contributed by atoms with E-state index in [1.165, 1.54) is 0 Å². The van der Waals surface area contributed by atoms with Gasteiger partial charge in [0.15, 0.2) is 0 Å². The van der Waals surface area contributed by atoms with Gasteiger partial charge in [-0.25, -0.2) is 0 Å². The fraction of sp³-hybridized carbons (Fsp3) is 0.533. The van der Waals surface area contributed by atoms with Crippen molar-refractivity contribution in [2.75, 3.05) is 20.2 Å². The number of amides is 1. The smallest absolute Gasteiger partial charge is 0.227 e. The van der Waals surface area contributed by atoms with Crippen LogP contribution in [0.25, 0.3) is 0 Å². The summed E-state index contributed by atoms with van der Waals surface area (Å²) in [6, 6.07) is 7.65. The largest absolute Gasteiger partial charge is 0.496 e. The Morgan fingerprint density at radius 3 is 2.58 bits per heavy atom. The Morgan fingerprint density at radius 1 is 1.32 bits per heavy atom. The molecule has 1 saturated heterocycles. The van der Waals surface area contributed by atoms with Gasteiger partial charge in [-0.1, -0.05) is 18.2 Å². The van der Waals surface area contributed by atoms with Gasteiger partial charge in [0, 0.05) is 18.7 Å². The number of nitrogens with zero attached hydrogens (tertiary/aromatic N) is 1. The van der Waals surface area contributed by atoms with E-state index in [-0.39, 0.29) is 18.1 Å². The average molecular weight is 263 g/mol.